The molecule has 5 nitrogen and oxygen atoms in total. The fourth-order valence-electron chi connectivity index (χ4n) is 4.71. The molecule has 1 aliphatic carbocycles. The number of hydrogen-bond acceptors (Lipinski definition) is 4. The Hall–Kier alpha value is -2.95. The smallest absolute Gasteiger partial charge is 0.339 e. The first-order valence-corrected chi connectivity index (χ1v) is 11.3. The van der Waals surface area contributed by atoms with E-state index in [0.717, 1.165) is 78.6 Å². The van der Waals surface area contributed by atoms with E-state index in [-0.39, 0.29) is 12.4 Å². The van der Waals surface area contributed by atoms with Crippen molar-refractivity contribution >= 4 is 22.7 Å². The highest BCUT2D eigenvalue weighted by molar-refractivity contribution is 6.06. The van der Waals surface area contributed by atoms with Crippen LogP contribution in [0.5, 0.6) is 0 Å². The lowest BCUT2D eigenvalue weighted by molar-refractivity contribution is 0.0475. The Morgan fingerprint density at radius 2 is 1.87 bits per heavy atom. The first kappa shape index (κ1) is 21.3. The number of carbonyl (C=O) groups is 2. The van der Waals surface area contributed by atoms with Crippen molar-refractivity contribution in [1.29, 1.82) is 0 Å². The molecule has 2 heterocycles. The van der Waals surface area contributed by atoms with Crippen molar-refractivity contribution in [1.82, 2.24) is 9.55 Å². The van der Waals surface area contributed by atoms with E-state index in [0.29, 0.717) is 11.1 Å². The average molecular weight is 419 g/mol. The van der Waals surface area contributed by atoms with Crippen molar-refractivity contribution in [2.24, 2.45) is 0 Å². The molecular formula is C26H30N2O3. The quantitative estimate of drug-likeness (QED) is 0.307. The van der Waals surface area contributed by atoms with Crippen LogP contribution in [-0.2, 0) is 24.1 Å². The van der Waals surface area contributed by atoms with Crippen LogP contribution in [0.4, 0.5) is 0 Å². The zero-order valence-corrected chi connectivity index (χ0v) is 18.7. The van der Waals surface area contributed by atoms with Crippen LogP contribution in [0.15, 0.2) is 30.3 Å². The number of pyridine rings is 1. The minimum atomic E-state index is -0.424. The molecule has 1 aliphatic rings. The van der Waals surface area contributed by atoms with Gasteiger partial charge in [0.25, 0.3) is 0 Å². The van der Waals surface area contributed by atoms with Crippen molar-refractivity contribution in [3.05, 3.63) is 64.1 Å². The number of carbonyl (C=O) groups excluding carboxylic acids is 2. The maximum atomic E-state index is 13.2. The summed E-state index contributed by atoms with van der Waals surface area (Å²) in [6.07, 6.45) is 5.95. The van der Waals surface area contributed by atoms with E-state index >= 15 is 0 Å². The van der Waals surface area contributed by atoms with Crippen LogP contribution in [-0.4, -0.2) is 27.9 Å². The zero-order valence-electron chi connectivity index (χ0n) is 18.7. The Balaban J connectivity index is 1.61. The third-order valence-corrected chi connectivity index (χ3v) is 6.28. The molecular weight excluding hydrogens is 388 g/mol. The van der Waals surface area contributed by atoms with Crippen molar-refractivity contribution in [3.8, 4) is 0 Å². The molecule has 31 heavy (non-hydrogen) atoms. The van der Waals surface area contributed by atoms with Crippen molar-refractivity contribution in [3.63, 3.8) is 0 Å². The van der Waals surface area contributed by atoms with Gasteiger partial charge in [-0.1, -0.05) is 31.5 Å². The maximum Gasteiger partial charge on any atom is 0.339 e. The molecule has 162 valence electrons. The Bertz CT molecular complexity index is 1140. The summed E-state index contributed by atoms with van der Waals surface area (Å²) in [6.45, 7) is 6.70. The summed E-state index contributed by atoms with van der Waals surface area (Å²) >= 11 is 0. The van der Waals surface area contributed by atoms with Gasteiger partial charge < -0.3 is 9.30 Å². The van der Waals surface area contributed by atoms with Crippen LogP contribution in [0.1, 0.15) is 76.0 Å². The number of rotatable bonds is 6. The number of esters is 1. The summed E-state index contributed by atoms with van der Waals surface area (Å²) in [5, 5.41) is 0.807. The summed E-state index contributed by atoms with van der Waals surface area (Å²) in [5.74, 6) is -0.583. The predicted octanol–water partition coefficient (Wildman–Crippen LogP) is 5.37. The van der Waals surface area contributed by atoms with Gasteiger partial charge in [0.1, 0.15) is 0 Å². The molecule has 0 saturated carbocycles. The summed E-state index contributed by atoms with van der Waals surface area (Å²) in [4.78, 5) is 30.9. The summed E-state index contributed by atoms with van der Waals surface area (Å²) in [6, 6.07) is 9.60. The largest absolute Gasteiger partial charge is 0.454 e. The van der Waals surface area contributed by atoms with Crippen LogP contribution >= 0.6 is 0 Å². The van der Waals surface area contributed by atoms with E-state index in [1.807, 2.05) is 44.2 Å². The minimum absolute atomic E-state index is 0.159. The van der Waals surface area contributed by atoms with E-state index in [2.05, 4.69) is 11.5 Å². The minimum Gasteiger partial charge on any atom is -0.454 e. The van der Waals surface area contributed by atoms with E-state index < -0.39 is 5.97 Å². The Morgan fingerprint density at radius 3 is 2.68 bits per heavy atom. The molecule has 1 aromatic carbocycles. The molecule has 0 saturated heterocycles. The van der Waals surface area contributed by atoms with Crippen LogP contribution in [0, 0.1) is 13.8 Å². The van der Waals surface area contributed by atoms with Gasteiger partial charge in [0.05, 0.1) is 11.1 Å². The zero-order chi connectivity index (χ0) is 22.0. The molecule has 0 aliphatic heterocycles. The van der Waals surface area contributed by atoms with Crippen molar-refractivity contribution in [2.45, 2.75) is 65.8 Å². The van der Waals surface area contributed by atoms with Gasteiger partial charge in [0.2, 0.25) is 5.78 Å². The topological polar surface area (TPSA) is 61.2 Å². The molecule has 2 aromatic heterocycles. The number of ketones is 1. The number of ether oxygens (including phenoxy) is 1. The molecule has 0 bridgehead atoms. The van der Waals surface area contributed by atoms with Crippen LogP contribution in [0.25, 0.3) is 10.9 Å². The Morgan fingerprint density at radius 1 is 1.10 bits per heavy atom. The van der Waals surface area contributed by atoms with Gasteiger partial charge in [-0.25, -0.2) is 4.79 Å². The molecule has 0 spiro atoms. The second-order valence-electron chi connectivity index (χ2n) is 8.43. The lowest BCUT2D eigenvalue weighted by Gasteiger charge is -2.15. The number of benzene rings is 1. The van der Waals surface area contributed by atoms with Gasteiger partial charge >= 0.3 is 5.97 Å². The number of fused-ring (bicyclic) bond motifs is 2. The fourth-order valence-corrected chi connectivity index (χ4v) is 4.71. The van der Waals surface area contributed by atoms with Gasteiger partial charge in [-0.3, -0.25) is 9.78 Å². The van der Waals surface area contributed by atoms with Gasteiger partial charge in [-0.15, -0.1) is 0 Å². The fraction of sp³-hybridized carbons (Fsp3) is 0.423. The van der Waals surface area contributed by atoms with Crippen molar-refractivity contribution < 1.29 is 14.3 Å². The lowest BCUT2D eigenvalue weighted by Crippen LogP contribution is -2.17. The third-order valence-electron chi connectivity index (χ3n) is 6.28. The highest BCUT2D eigenvalue weighted by Gasteiger charge is 2.24. The molecule has 0 amide bonds. The van der Waals surface area contributed by atoms with Crippen LogP contribution < -0.4 is 0 Å². The monoisotopic (exact) mass is 418 g/mol. The molecule has 0 N–H and O–H groups in total. The van der Waals surface area contributed by atoms with Crippen LogP contribution in [0.3, 0.4) is 0 Å². The SMILES string of the molecule is CCCn1c(C)cc(C(=O)COC(=O)c2c3c(nc4ccccc24)CCCCC3)c1C. The molecule has 3 aromatic rings. The van der Waals surface area contributed by atoms with E-state index in [4.69, 9.17) is 9.72 Å². The second-order valence-corrected chi connectivity index (χ2v) is 8.43. The van der Waals surface area contributed by atoms with Gasteiger partial charge in [0.15, 0.2) is 6.61 Å². The number of hydrogen-bond donors (Lipinski definition) is 0. The molecule has 5 heteroatoms. The standard InChI is InChI=1S/C26H30N2O3/c1-4-14-28-17(2)15-21(18(28)3)24(29)16-31-26(30)25-19-10-6-5-7-12-22(19)27-23-13-9-8-11-20(23)25/h8-9,11,13,15H,4-7,10,12,14,16H2,1-3H3. The van der Waals surface area contributed by atoms with E-state index in [1.54, 1.807) is 0 Å². The van der Waals surface area contributed by atoms with E-state index in [1.165, 1.54) is 0 Å². The van der Waals surface area contributed by atoms with Gasteiger partial charge in [-0.2, -0.15) is 0 Å². The summed E-state index contributed by atoms with van der Waals surface area (Å²) in [5.41, 5.74) is 6.02. The Kier molecular flexibility index (Phi) is 6.21. The maximum absolute atomic E-state index is 13.2. The average Bonchev–Trinajstić information content (AvgIpc) is 2.93. The van der Waals surface area contributed by atoms with Gasteiger partial charge in [0, 0.05) is 34.6 Å². The Labute approximate surface area is 183 Å². The second kappa shape index (κ2) is 9.04. The predicted molar refractivity (Wildman–Crippen MR) is 122 cm³/mol. The molecule has 0 radical (unpaired) electrons. The molecule has 4 rings (SSSR count). The van der Waals surface area contributed by atoms with Gasteiger partial charge in [-0.05, 0) is 63.6 Å². The van der Waals surface area contributed by atoms with Crippen LogP contribution in [0.2, 0.25) is 0 Å². The third kappa shape index (κ3) is 4.14. The van der Waals surface area contributed by atoms with E-state index in [9.17, 15) is 9.59 Å². The highest BCUT2D eigenvalue weighted by Crippen LogP contribution is 2.29. The molecule has 0 unspecified atom stereocenters. The number of para-hydroxylation sites is 1. The summed E-state index contributed by atoms with van der Waals surface area (Å²) < 4.78 is 7.74. The number of nitrogens with zero attached hydrogens (tertiary/aromatic N) is 2. The highest BCUT2D eigenvalue weighted by atomic mass is 16.5. The van der Waals surface area contributed by atoms with Crippen molar-refractivity contribution in [2.75, 3.05) is 6.61 Å². The first-order valence-electron chi connectivity index (χ1n) is 11.3. The number of aromatic nitrogens is 2. The molecule has 0 fully saturated rings. The lowest BCUT2D eigenvalue weighted by atomic mass is 9.97. The molecule has 0 atom stereocenters. The normalized spacial score (nSPS) is 13.6. The summed E-state index contributed by atoms with van der Waals surface area (Å²) in [7, 11) is 0. The number of aryl methyl sites for hydroxylation is 2. The first-order chi connectivity index (χ1) is 15.0. The number of Topliss-reactive ketones (excluding diaryl/α,β-unsaturated/α-hetero) is 1.